The lowest BCUT2D eigenvalue weighted by atomic mass is 10.1. The lowest BCUT2D eigenvalue weighted by Gasteiger charge is -2.11. The smallest absolute Gasteiger partial charge is 0.266 e. The van der Waals surface area contributed by atoms with Gasteiger partial charge in [0.25, 0.3) is 5.91 Å². The maximum atomic E-state index is 12.8. The Labute approximate surface area is 173 Å². The number of carbonyl (C=O) groups excluding carboxylic acids is 1. The number of aromatic nitrogens is 2. The van der Waals surface area contributed by atoms with Crippen molar-refractivity contribution in [1.82, 2.24) is 14.7 Å². The number of hydrogen-bond acceptors (Lipinski definition) is 4. The second-order valence-electron chi connectivity index (χ2n) is 6.41. The summed E-state index contributed by atoms with van der Waals surface area (Å²) in [6.45, 7) is 2.69. The molecule has 1 saturated heterocycles. The van der Waals surface area contributed by atoms with Crippen molar-refractivity contribution in [3.05, 3.63) is 77.3 Å². The van der Waals surface area contributed by atoms with E-state index >= 15 is 0 Å². The van der Waals surface area contributed by atoms with Gasteiger partial charge in [-0.15, -0.1) is 0 Å². The molecule has 1 aliphatic rings. The predicted octanol–water partition coefficient (Wildman–Crippen LogP) is 5.15. The molecule has 0 aliphatic carbocycles. The molecule has 0 radical (unpaired) electrons. The Bertz CT molecular complexity index is 1040. The Kier molecular flexibility index (Phi) is 5.41. The maximum Gasteiger partial charge on any atom is 0.266 e. The van der Waals surface area contributed by atoms with Crippen molar-refractivity contribution in [2.24, 2.45) is 0 Å². The van der Waals surface area contributed by atoms with Crippen LogP contribution in [0.4, 0.5) is 0 Å². The average molecular weight is 406 g/mol. The van der Waals surface area contributed by atoms with Crippen LogP contribution in [0.15, 0.2) is 71.8 Å². The van der Waals surface area contributed by atoms with Crippen LogP contribution in [0.3, 0.4) is 0 Å². The van der Waals surface area contributed by atoms with Crippen molar-refractivity contribution in [1.29, 1.82) is 0 Å². The zero-order valence-corrected chi connectivity index (χ0v) is 17.0. The minimum absolute atomic E-state index is 0.0247. The van der Waals surface area contributed by atoms with Gasteiger partial charge in [0.15, 0.2) is 0 Å². The highest BCUT2D eigenvalue weighted by molar-refractivity contribution is 8.26. The van der Waals surface area contributed by atoms with Crippen molar-refractivity contribution in [2.75, 3.05) is 6.54 Å². The molecule has 0 spiro atoms. The molecule has 0 unspecified atom stereocenters. The Morgan fingerprint density at radius 3 is 2.43 bits per heavy atom. The molecule has 6 heteroatoms. The van der Waals surface area contributed by atoms with Crippen LogP contribution in [-0.2, 0) is 4.79 Å². The van der Waals surface area contributed by atoms with E-state index in [1.54, 1.807) is 4.90 Å². The summed E-state index contributed by atoms with van der Waals surface area (Å²) < 4.78 is 2.47. The molecule has 1 aliphatic heterocycles. The Balaban J connectivity index is 1.79. The van der Waals surface area contributed by atoms with Crippen LogP contribution >= 0.6 is 24.0 Å². The number of thioether (sulfide) groups is 1. The third-order valence-electron chi connectivity index (χ3n) is 4.42. The molecule has 2 heterocycles. The van der Waals surface area contributed by atoms with Gasteiger partial charge in [-0.3, -0.25) is 9.69 Å². The molecule has 0 N–H and O–H groups in total. The van der Waals surface area contributed by atoms with Gasteiger partial charge in [0.05, 0.1) is 16.3 Å². The fraction of sp³-hybridized carbons (Fsp3) is 0.136. The number of carbonyl (C=O) groups is 1. The first-order valence-corrected chi connectivity index (χ1v) is 10.4. The third-order valence-corrected chi connectivity index (χ3v) is 5.80. The van der Waals surface area contributed by atoms with E-state index < -0.39 is 0 Å². The van der Waals surface area contributed by atoms with Gasteiger partial charge >= 0.3 is 0 Å². The number of amides is 1. The molecule has 1 aromatic heterocycles. The topological polar surface area (TPSA) is 38.1 Å². The summed E-state index contributed by atoms with van der Waals surface area (Å²) in [6, 6.07) is 20.0. The van der Waals surface area contributed by atoms with Crippen LogP contribution in [0, 0.1) is 0 Å². The first-order chi connectivity index (χ1) is 13.7. The van der Waals surface area contributed by atoms with E-state index in [0.717, 1.165) is 28.9 Å². The summed E-state index contributed by atoms with van der Waals surface area (Å²) >= 11 is 6.75. The van der Waals surface area contributed by atoms with Gasteiger partial charge in [-0.1, -0.05) is 79.4 Å². The zero-order valence-electron chi connectivity index (χ0n) is 15.4. The summed E-state index contributed by atoms with van der Waals surface area (Å²) in [5.74, 6) is -0.0247. The Morgan fingerprint density at radius 1 is 1.07 bits per heavy atom. The summed E-state index contributed by atoms with van der Waals surface area (Å²) in [5, 5.41) is 4.80. The van der Waals surface area contributed by atoms with Crippen molar-refractivity contribution < 1.29 is 4.79 Å². The van der Waals surface area contributed by atoms with E-state index in [0.29, 0.717) is 15.8 Å². The highest BCUT2D eigenvalue weighted by Gasteiger charge is 2.31. The molecule has 0 bridgehead atoms. The second-order valence-corrected chi connectivity index (χ2v) is 8.09. The summed E-state index contributed by atoms with van der Waals surface area (Å²) in [7, 11) is 0. The summed E-state index contributed by atoms with van der Waals surface area (Å²) in [6.07, 6.45) is 4.74. The van der Waals surface area contributed by atoms with Crippen LogP contribution in [-0.4, -0.2) is 31.5 Å². The molecule has 140 valence electrons. The minimum atomic E-state index is -0.0247. The number of thiocarbonyl (C=S) groups is 1. The number of nitrogens with zero attached hydrogens (tertiary/aromatic N) is 3. The van der Waals surface area contributed by atoms with E-state index in [2.05, 4.69) is 0 Å². The van der Waals surface area contributed by atoms with Crippen LogP contribution in [0.5, 0.6) is 0 Å². The molecule has 3 aromatic rings. The zero-order chi connectivity index (χ0) is 19.5. The van der Waals surface area contributed by atoms with Crippen molar-refractivity contribution in [2.45, 2.75) is 13.3 Å². The van der Waals surface area contributed by atoms with Crippen LogP contribution in [0.2, 0.25) is 0 Å². The quantitative estimate of drug-likeness (QED) is 0.435. The van der Waals surface area contributed by atoms with Gasteiger partial charge in [0, 0.05) is 23.9 Å². The highest BCUT2D eigenvalue weighted by atomic mass is 32.2. The number of benzene rings is 2. The third kappa shape index (κ3) is 3.66. The SMILES string of the molecule is CCCN1C(=O)/C(=C\c2cn(-c3ccccc3)nc2-c2ccccc2)SC1=S. The predicted molar refractivity (Wildman–Crippen MR) is 119 cm³/mol. The van der Waals surface area contributed by atoms with Crippen molar-refractivity contribution >= 4 is 40.3 Å². The van der Waals surface area contributed by atoms with E-state index in [1.807, 2.05) is 84.5 Å². The van der Waals surface area contributed by atoms with E-state index in [4.69, 9.17) is 17.3 Å². The van der Waals surface area contributed by atoms with Gasteiger partial charge in [-0.05, 0) is 24.6 Å². The molecule has 1 fully saturated rings. The summed E-state index contributed by atoms with van der Waals surface area (Å²) in [4.78, 5) is 15.1. The number of rotatable bonds is 5. The molecule has 2 aromatic carbocycles. The van der Waals surface area contributed by atoms with E-state index in [-0.39, 0.29) is 5.91 Å². The number of para-hydroxylation sites is 1. The van der Waals surface area contributed by atoms with Gasteiger partial charge in [0.2, 0.25) is 0 Å². The first kappa shape index (κ1) is 18.7. The van der Waals surface area contributed by atoms with Crippen LogP contribution < -0.4 is 0 Å². The van der Waals surface area contributed by atoms with Crippen LogP contribution in [0.1, 0.15) is 18.9 Å². The average Bonchev–Trinajstić information content (AvgIpc) is 3.26. The van der Waals surface area contributed by atoms with Crippen molar-refractivity contribution in [3.8, 4) is 16.9 Å². The first-order valence-electron chi connectivity index (χ1n) is 9.13. The standard InChI is InChI=1S/C22H19N3OS2/c1-2-13-24-21(26)19(28-22(24)27)14-17-15-25(18-11-7-4-8-12-18)23-20(17)16-9-5-3-6-10-16/h3-12,14-15H,2,13H2,1H3/b19-14+. The molecule has 4 nitrogen and oxygen atoms in total. The number of hydrogen-bond donors (Lipinski definition) is 0. The molecular weight excluding hydrogens is 386 g/mol. The summed E-state index contributed by atoms with van der Waals surface area (Å²) in [5.41, 5.74) is 3.71. The van der Waals surface area contributed by atoms with Gasteiger partial charge in [-0.2, -0.15) is 5.10 Å². The molecule has 1 amide bonds. The molecule has 28 heavy (non-hydrogen) atoms. The van der Waals surface area contributed by atoms with Gasteiger partial charge < -0.3 is 0 Å². The fourth-order valence-electron chi connectivity index (χ4n) is 3.08. The Hall–Kier alpha value is -2.70. The maximum absolute atomic E-state index is 12.8. The van der Waals surface area contributed by atoms with E-state index in [9.17, 15) is 4.79 Å². The van der Waals surface area contributed by atoms with Gasteiger partial charge in [-0.25, -0.2) is 4.68 Å². The van der Waals surface area contributed by atoms with Gasteiger partial charge in [0.1, 0.15) is 4.32 Å². The molecular formula is C22H19N3OS2. The Morgan fingerprint density at radius 2 is 1.75 bits per heavy atom. The minimum Gasteiger partial charge on any atom is -0.293 e. The monoisotopic (exact) mass is 405 g/mol. The van der Waals surface area contributed by atoms with Crippen LogP contribution in [0.25, 0.3) is 23.0 Å². The molecule has 4 rings (SSSR count). The lowest BCUT2D eigenvalue weighted by Crippen LogP contribution is -2.28. The molecule has 0 atom stereocenters. The largest absolute Gasteiger partial charge is 0.293 e. The normalized spacial score (nSPS) is 15.6. The second kappa shape index (κ2) is 8.12. The fourth-order valence-corrected chi connectivity index (χ4v) is 4.38. The van der Waals surface area contributed by atoms with E-state index in [1.165, 1.54) is 11.8 Å². The molecule has 0 saturated carbocycles. The van der Waals surface area contributed by atoms with Crippen molar-refractivity contribution in [3.63, 3.8) is 0 Å². The highest BCUT2D eigenvalue weighted by Crippen LogP contribution is 2.34. The lowest BCUT2D eigenvalue weighted by molar-refractivity contribution is -0.122.